The smallest absolute Gasteiger partial charge is 0.253 e. The van der Waals surface area contributed by atoms with Crippen molar-refractivity contribution >= 4 is 11.8 Å². The van der Waals surface area contributed by atoms with Crippen molar-refractivity contribution in [2.75, 3.05) is 7.05 Å². The minimum atomic E-state index is -0.509. The highest BCUT2D eigenvalue weighted by Crippen LogP contribution is 2.31. The van der Waals surface area contributed by atoms with Gasteiger partial charge in [0.15, 0.2) is 0 Å². The topological polar surface area (TPSA) is 70.1 Å². The van der Waals surface area contributed by atoms with Crippen molar-refractivity contribution in [2.45, 2.75) is 24.9 Å². The number of nitroso groups, excluding NO2 is 1. The minimum absolute atomic E-state index is 0.321. The Balaban J connectivity index is 2.37. The monoisotopic (exact) mass is 183 g/mol. The lowest BCUT2D eigenvalue weighted by Gasteiger charge is -2.32. The van der Waals surface area contributed by atoms with Crippen molar-refractivity contribution in [3.8, 4) is 0 Å². The van der Waals surface area contributed by atoms with Crippen LogP contribution in [-0.2, 0) is 9.59 Å². The molecule has 0 N–H and O–H groups in total. The fourth-order valence-corrected chi connectivity index (χ4v) is 1.94. The highest BCUT2D eigenvalue weighted by Gasteiger charge is 2.50. The van der Waals surface area contributed by atoms with Crippen LogP contribution in [0.15, 0.2) is 5.29 Å². The molecule has 0 aromatic heterocycles. The quantitative estimate of drug-likeness (QED) is 0.406. The number of likely N-dealkylation sites (N-methyl/N-ethyl adjacent to an activating group) is 1. The van der Waals surface area contributed by atoms with E-state index in [0.29, 0.717) is 12.8 Å². The molecule has 2 atom stereocenters. The molecule has 0 aromatic carbocycles. The highest BCUT2D eigenvalue weighted by molar-refractivity contribution is 6.03. The van der Waals surface area contributed by atoms with E-state index >= 15 is 0 Å². The van der Waals surface area contributed by atoms with Gasteiger partial charge in [-0.15, -0.1) is 4.91 Å². The van der Waals surface area contributed by atoms with Crippen molar-refractivity contribution in [2.24, 2.45) is 5.29 Å². The van der Waals surface area contributed by atoms with Crippen molar-refractivity contribution in [1.29, 1.82) is 0 Å². The summed E-state index contributed by atoms with van der Waals surface area (Å²) < 4.78 is 0. The zero-order valence-corrected chi connectivity index (χ0v) is 7.14. The van der Waals surface area contributed by atoms with Gasteiger partial charge in [-0.05, 0) is 12.8 Å². The van der Waals surface area contributed by atoms with Gasteiger partial charge in [-0.2, -0.15) is 0 Å². The van der Waals surface area contributed by atoms with Gasteiger partial charge in [0.2, 0.25) is 0 Å². The van der Waals surface area contributed by atoms with Crippen LogP contribution in [0.4, 0.5) is 0 Å². The molecule has 2 saturated heterocycles. The largest absolute Gasteiger partial charge is 0.282 e. The SMILES string of the molecule is CN1C(=O)C2CCC(C1=O)N2N=O. The molecule has 6 heteroatoms. The second-order valence-electron chi connectivity index (χ2n) is 3.31. The number of likely N-dealkylation sites (tertiary alicyclic amines) is 1. The molecule has 6 nitrogen and oxygen atoms in total. The Hall–Kier alpha value is -1.46. The summed E-state index contributed by atoms with van der Waals surface area (Å²) in [6.45, 7) is 0. The molecule has 0 radical (unpaired) electrons. The predicted molar refractivity (Wildman–Crippen MR) is 42.2 cm³/mol. The molecule has 0 aliphatic carbocycles. The van der Waals surface area contributed by atoms with Gasteiger partial charge in [-0.3, -0.25) is 14.5 Å². The molecule has 2 fully saturated rings. The molecule has 2 rings (SSSR count). The van der Waals surface area contributed by atoms with Crippen LogP contribution in [0.3, 0.4) is 0 Å². The fraction of sp³-hybridized carbons (Fsp3) is 0.714. The average molecular weight is 183 g/mol. The number of amides is 2. The number of piperazine rings is 1. The Labute approximate surface area is 74.4 Å². The summed E-state index contributed by atoms with van der Waals surface area (Å²) in [6.07, 6.45) is 1.09. The number of hydrogen-bond acceptors (Lipinski definition) is 4. The van der Waals surface area contributed by atoms with E-state index in [1.54, 1.807) is 0 Å². The van der Waals surface area contributed by atoms with Crippen LogP contribution in [0.25, 0.3) is 0 Å². The van der Waals surface area contributed by atoms with Gasteiger partial charge in [0, 0.05) is 7.05 Å². The molecule has 2 heterocycles. The lowest BCUT2D eigenvalue weighted by Crippen LogP contribution is -2.57. The second-order valence-corrected chi connectivity index (χ2v) is 3.31. The second kappa shape index (κ2) is 2.51. The third-order valence-corrected chi connectivity index (χ3v) is 2.68. The van der Waals surface area contributed by atoms with Crippen LogP contribution in [0.2, 0.25) is 0 Å². The van der Waals surface area contributed by atoms with Crippen molar-refractivity contribution < 1.29 is 9.59 Å². The first-order valence-electron chi connectivity index (χ1n) is 4.10. The van der Waals surface area contributed by atoms with Gasteiger partial charge in [-0.1, -0.05) is 0 Å². The maximum Gasteiger partial charge on any atom is 0.253 e. The standard InChI is InChI=1S/C7H9N3O3/c1-9-6(11)4-2-3-5(7(9)12)10(4)8-13/h4-5H,2-3H2,1H3. The minimum Gasteiger partial charge on any atom is -0.282 e. The molecule has 13 heavy (non-hydrogen) atoms. The van der Waals surface area contributed by atoms with Gasteiger partial charge in [-0.25, -0.2) is 5.01 Å². The van der Waals surface area contributed by atoms with Crippen LogP contribution in [0.1, 0.15) is 12.8 Å². The van der Waals surface area contributed by atoms with E-state index in [1.165, 1.54) is 7.05 Å². The van der Waals surface area contributed by atoms with E-state index < -0.39 is 12.1 Å². The molecule has 2 aliphatic rings. The Kier molecular flexibility index (Phi) is 1.58. The number of hydrogen-bond donors (Lipinski definition) is 0. The molecule has 0 spiro atoms. The van der Waals surface area contributed by atoms with Gasteiger partial charge in [0.25, 0.3) is 11.8 Å². The maximum absolute atomic E-state index is 11.4. The maximum atomic E-state index is 11.4. The van der Waals surface area contributed by atoms with E-state index in [-0.39, 0.29) is 11.8 Å². The summed E-state index contributed by atoms with van der Waals surface area (Å²) >= 11 is 0. The summed E-state index contributed by atoms with van der Waals surface area (Å²) in [4.78, 5) is 34.3. The molecule has 2 amide bonds. The average Bonchev–Trinajstić information content (AvgIpc) is 2.52. The summed E-state index contributed by atoms with van der Waals surface area (Å²) in [7, 11) is 1.44. The van der Waals surface area contributed by atoms with Crippen LogP contribution in [0, 0.1) is 4.91 Å². The van der Waals surface area contributed by atoms with Gasteiger partial charge >= 0.3 is 0 Å². The lowest BCUT2D eigenvalue weighted by atomic mass is 10.2. The van der Waals surface area contributed by atoms with E-state index in [9.17, 15) is 14.5 Å². The number of imide groups is 1. The Morgan fingerprint density at radius 1 is 1.23 bits per heavy atom. The van der Waals surface area contributed by atoms with E-state index in [1.807, 2.05) is 0 Å². The zero-order valence-electron chi connectivity index (χ0n) is 7.14. The van der Waals surface area contributed by atoms with Crippen molar-refractivity contribution in [3.63, 3.8) is 0 Å². The molecule has 0 aromatic rings. The van der Waals surface area contributed by atoms with Gasteiger partial charge < -0.3 is 0 Å². The van der Waals surface area contributed by atoms with Crippen LogP contribution < -0.4 is 0 Å². The van der Waals surface area contributed by atoms with E-state index in [4.69, 9.17) is 0 Å². The number of carbonyl (C=O) groups excluding carboxylic acids is 2. The summed E-state index contributed by atoms with van der Waals surface area (Å²) in [5.74, 6) is -0.642. The molecule has 0 saturated carbocycles. The molecule has 2 aliphatic heterocycles. The van der Waals surface area contributed by atoms with Crippen molar-refractivity contribution in [1.82, 2.24) is 9.91 Å². The molecule has 2 bridgehead atoms. The number of fused-ring (bicyclic) bond motifs is 2. The summed E-state index contributed by atoms with van der Waals surface area (Å²) in [6, 6.07) is -1.02. The Bertz CT molecular complexity index is 267. The van der Waals surface area contributed by atoms with Gasteiger partial charge in [0.05, 0.1) is 5.29 Å². The molecular formula is C7H9N3O3. The van der Waals surface area contributed by atoms with Crippen LogP contribution in [-0.4, -0.2) is 40.9 Å². The van der Waals surface area contributed by atoms with Gasteiger partial charge in [0.1, 0.15) is 12.1 Å². The number of nitrogens with zero attached hydrogens (tertiary/aromatic N) is 3. The van der Waals surface area contributed by atoms with Crippen molar-refractivity contribution in [3.05, 3.63) is 4.91 Å². The van der Waals surface area contributed by atoms with E-state index in [0.717, 1.165) is 9.91 Å². The highest BCUT2D eigenvalue weighted by atomic mass is 16.3. The third-order valence-electron chi connectivity index (χ3n) is 2.68. The molecular weight excluding hydrogens is 174 g/mol. The zero-order chi connectivity index (χ0) is 9.59. The van der Waals surface area contributed by atoms with E-state index in [2.05, 4.69) is 5.29 Å². The van der Waals surface area contributed by atoms with Crippen LogP contribution >= 0.6 is 0 Å². The number of carbonyl (C=O) groups is 2. The normalized spacial score (nSPS) is 32.7. The fourth-order valence-electron chi connectivity index (χ4n) is 1.94. The third kappa shape index (κ3) is 0.881. The summed E-state index contributed by atoms with van der Waals surface area (Å²) in [5, 5.41) is 3.81. The first-order valence-corrected chi connectivity index (χ1v) is 4.10. The Morgan fingerprint density at radius 2 is 1.69 bits per heavy atom. The van der Waals surface area contributed by atoms with Crippen LogP contribution in [0.5, 0.6) is 0 Å². The first-order chi connectivity index (χ1) is 6.16. The lowest BCUT2D eigenvalue weighted by molar-refractivity contribution is -0.155. The molecule has 70 valence electrons. The first kappa shape index (κ1) is 8.15. The predicted octanol–water partition coefficient (Wildman–Crippen LogP) is -0.501. The molecule has 2 unspecified atom stereocenters. The number of rotatable bonds is 1. The Morgan fingerprint density at radius 3 is 2.08 bits per heavy atom. The summed E-state index contributed by atoms with van der Waals surface area (Å²) in [5.41, 5.74) is 0.